The third-order valence-electron chi connectivity index (χ3n) is 4.18. The highest BCUT2D eigenvalue weighted by Gasteiger charge is 2.18. The van der Waals surface area contributed by atoms with E-state index in [0.717, 1.165) is 36.0 Å². The first-order chi connectivity index (χ1) is 11.1. The summed E-state index contributed by atoms with van der Waals surface area (Å²) in [6, 6.07) is 10.0. The van der Waals surface area contributed by atoms with E-state index < -0.39 is 0 Å². The van der Waals surface area contributed by atoms with Crippen LogP contribution >= 0.6 is 28.3 Å². The van der Waals surface area contributed by atoms with Crippen molar-refractivity contribution in [1.29, 1.82) is 0 Å². The topological polar surface area (TPSA) is 59.0 Å². The van der Waals surface area contributed by atoms with Gasteiger partial charge in [-0.05, 0) is 50.1 Å². The van der Waals surface area contributed by atoms with Crippen LogP contribution in [0.1, 0.15) is 47.9 Å². The molecular formula is C17H22BrClN4O. The Morgan fingerprint density at radius 2 is 2.29 bits per heavy atom. The van der Waals surface area contributed by atoms with Crippen LogP contribution in [0.25, 0.3) is 0 Å². The summed E-state index contributed by atoms with van der Waals surface area (Å²) in [5.41, 5.74) is 1.53. The Bertz CT molecular complexity index is 685. The van der Waals surface area contributed by atoms with Crippen molar-refractivity contribution in [2.75, 3.05) is 13.1 Å². The van der Waals surface area contributed by atoms with Crippen molar-refractivity contribution < 1.29 is 4.79 Å². The van der Waals surface area contributed by atoms with Crippen molar-refractivity contribution in [3.8, 4) is 0 Å². The third-order valence-corrected chi connectivity index (χ3v) is 4.68. The number of carbonyl (C=O) groups excluding carboxylic acids is 1. The van der Waals surface area contributed by atoms with Gasteiger partial charge in [-0.15, -0.1) is 12.4 Å². The summed E-state index contributed by atoms with van der Waals surface area (Å²) >= 11 is 3.45. The maximum absolute atomic E-state index is 12.4. The SMILES string of the molecule is CC(NC(=O)c1ccn(C2CCCNC2)n1)c1cccc(Br)c1.Cl. The minimum absolute atomic E-state index is 0. The van der Waals surface area contributed by atoms with Gasteiger partial charge < -0.3 is 10.6 Å². The van der Waals surface area contributed by atoms with Crippen molar-refractivity contribution in [1.82, 2.24) is 20.4 Å². The van der Waals surface area contributed by atoms with Gasteiger partial charge in [0.05, 0.1) is 12.1 Å². The van der Waals surface area contributed by atoms with Gasteiger partial charge in [-0.1, -0.05) is 28.1 Å². The van der Waals surface area contributed by atoms with Crippen LogP contribution in [0, 0.1) is 0 Å². The maximum Gasteiger partial charge on any atom is 0.272 e. The number of hydrogen-bond acceptors (Lipinski definition) is 3. The van der Waals surface area contributed by atoms with Gasteiger partial charge in [0.2, 0.25) is 0 Å². The number of amides is 1. The van der Waals surface area contributed by atoms with Crippen LogP contribution in [0.4, 0.5) is 0 Å². The predicted octanol–water partition coefficient (Wildman–Crippen LogP) is 3.48. The van der Waals surface area contributed by atoms with Gasteiger partial charge >= 0.3 is 0 Å². The zero-order valence-corrected chi connectivity index (χ0v) is 15.9. The Morgan fingerprint density at radius 3 is 3.00 bits per heavy atom. The molecule has 130 valence electrons. The second-order valence-corrected chi connectivity index (χ2v) is 6.85. The summed E-state index contributed by atoms with van der Waals surface area (Å²) < 4.78 is 2.91. The predicted molar refractivity (Wildman–Crippen MR) is 101 cm³/mol. The average Bonchev–Trinajstić information content (AvgIpc) is 3.06. The molecule has 1 aromatic heterocycles. The molecule has 24 heavy (non-hydrogen) atoms. The molecule has 2 aromatic rings. The maximum atomic E-state index is 12.4. The fourth-order valence-corrected chi connectivity index (χ4v) is 3.27. The van der Waals surface area contributed by atoms with E-state index in [0.29, 0.717) is 11.7 Å². The molecule has 0 saturated carbocycles. The zero-order chi connectivity index (χ0) is 16.2. The second-order valence-electron chi connectivity index (χ2n) is 5.93. The van der Waals surface area contributed by atoms with Crippen LogP contribution in [0.15, 0.2) is 41.0 Å². The standard InChI is InChI=1S/C17H21BrN4O.ClH/c1-12(13-4-2-5-14(18)10-13)20-17(23)16-7-9-22(21-16)15-6-3-8-19-11-15;/h2,4-5,7,9-10,12,15,19H,3,6,8,11H2,1H3,(H,20,23);1H. The molecule has 2 atom stereocenters. The molecule has 1 aliphatic heterocycles. The summed E-state index contributed by atoms with van der Waals surface area (Å²) in [5, 5.41) is 10.8. The first-order valence-corrected chi connectivity index (χ1v) is 8.75. The normalized spacial score (nSPS) is 18.5. The summed E-state index contributed by atoms with van der Waals surface area (Å²) in [5.74, 6) is -0.139. The number of aromatic nitrogens is 2. The van der Waals surface area contributed by atoms with Gasteiger partial charge in [-0.3, -0.25) is 9.48 Å². The minimum Gasteiger partial charge on any atom is -0.344 e. The molecular weight excluding hydrogens is 392 g/mol. The van der Waals surface area contributed by atoms with E-state index in [9.17, 15) is 4.79 Å². The van der Waals surface area contributed by atoms with Gasteiger partial charge in [0.1, 0.15) is 5.69 Å². The lowest BCUT2D eigenvalue weighted by atomic mass is 10.1. The molecule has 7 heteroatoms. The smallest absolute Gasteiger partial charge is 0.272 e. The summed E-state index contributed by atoms with van der Waals surface area (Å²) in [7, 11) is 0. The van der Waals surface area contributed by atoms with Crippen molar-refractivity contribution in [2.24, 2.45) is 0 Å². The van der Waals surface area contributed by atoms with E-state index >= 15 is 0 Å². The number of benzene rings is 1. The van der Waals surface area contributed by atoms with Crippen LogP contribution in [0.5, 0.6) is 0 Å². The monoisotopic (exact) mass is 412 g/mol. The fourth-order valence-electron chi connectivity index (χ4n) is 2.85. The molecule has 5 nitrogen and oxygen atoms in total. The summed E-state index contributed by atoms with van der Waals surface area (Å²) in [6.07, 6.45) is 4.15. The molecule has 2 heterocycles. The largest absolute Gasteiger partial charge is 0.344 e. The number of piperidine rings is 1. The lowest BCUT2D eigenvalue weighted by Gasteiger charge is -2.22. The molecule has 0 aliphatic carbocycles. The average molecular weight is 414 g/mol. The van der Waals surface area contributed by atoms with E-state index in [1.807, 2.05) is 42.1 Å². The van der Waals surface area contributed by atoms with Crippen LogP contribution < -0.4 is 10.6 Å². The van der Waals surface area contributed by atoms with E-state index in [-0.39, 0.29) is 24.4 Å². The van der Waals surface area contributed by atoms with E-state index in [4.69, 9.17) is 0 Å². The van der Waals surface area contributed by atoms with Gasteiger partial charge in [0.25, 0.3) is 5.91 Å². The Hall–Kier alpha value is -1.37. The lowest BCUT2D eigenvalue weighted by Crippen LogP contribution is -2.32. The van der Waals surface area contributed by atoms with Crippen molar-refractivity contribution >= 4 is 34.2 Å². The highest BCUT2D eigenvalue weighted by molar-refractivity contribution is 9.10. The number of rotatable bonds is 4. The Kier molecular flexibility index (Phi) is 6.83. The van der Waals surface area contributed by atoms with Crippen LogP contribution in [0.3, 0.4) is 0 Å². The number of halogens is 2. The van der Waals surface area contributed by atoms with Crippen molar-refractivity contribution in [3.63, 3.8) is 0 Å². The fraction of sp³-hybridized carbons (Fsp3) is 0.412. The molecule has 0 radical (unpaired) electrons. The van der Waals surface area contributed by atoms with E-state index in [1.54, 1.807) is 6.07 Å². The van der Waals surface area contributed by atoms with Crippen LogP contribution in [-0.4, -0.2) is 28.8 Å². The van der Waals surface area contributed by atoms with Crippen molar-refractivity contribution in [3.05, 3.63) is 52.3 Å². The highest BCUT2D eigenvalue weighted by atomic mass is 79.9. The molecule has 1 aromatic carbocycles. The molecule has 2 unspecified atom stereocenters. The third kappa shape index (κ3) is 4.59. The zero-order valence-electron chi connectivity index (χ0n) is 13.5. The second kappa shape index (κ2) is 8.65. The highest BCUT2D eigenvalue weighted by Crippen LogP contribution is 2.19. The lowest BCUT2D eigenvalue weighted by molar-refractivity contribution is 0.0933. The van der Waals surface area contributed by atoms with Gasteiger partial charge in [-0.2, -0.15) is 5.10 Å². The van der Waals surface area contributed by atoms with Crippen molar-refractivity contribution in [2.45, 2.75) is 31.8 Å². The van der Waals surface area contributed by atoms with Gasteiger partial charge in [0, 0.05) is 17.2 Å². The molecule has 0 bridgehead atoms. The molecule has 0 spiro atoms. The first-order valence-electron chi connectivity index (χ1n) is 7.95. The molecule has 1 fully saturated rings. The number of carbonyl (C=O) groups is 1. The molecule has 3 rings (SSSR count). The van der Waals surface area contributed by atoms with Crippen LogP contribution in [0.2, 0.25) is 0 Å². The van der Waals surface area contributed by atoms with E-state index in [2.05, 4.69) is 31.7 Å². The summed E-state index contributed by atoms with van der Waals surface area (Å²) in [4.78, 5) is 12.4. The molecule has 2 N–H and O–H groups in total. The number of nitrogens with one attached hydrogen (secondary N) is 2. The van der Waals surface area contributed by atoms with Crippen LogP contribution in [-0.2, 0) is 0 Å². The molecule has 1 saturated heterocycles. The Morgan fingerprint density at radius 1 is 1.46 bits per heavy atom. The minimum atomic E-state index is -0.139. The molecule has 1 amide bonds. The first kappa shape index (κ1) is 19.0. The number of hydrogen-bond donors (Lipinski definition) is 2. The van der Waals surface area contributed by atoms with Gasteiger partial charge in [0.15, 0.2) is 0 Å². The molecule has 1 aliphatic rings. The number of nitrogens with zero attached hydrogens (tertiary/aromatic N) is 2. The summed E-state index contributed by atoms with van der Waals surface area (Å²) in [6.45, 7) is 3.95. The van der Waals surface area contributed by atoms with Gasteiger partial charge in [-0.25, -0.2) is 0 Å². The quantitative estimate of drug-likeness (QED) is 0.807. The Balaban J connectivity index is 0.00000208. The Labute approximate surface area is 156 Å². The van der Waals surface area contributed by atoms with E-state index in [1.165, 1.54) is 0 Å².